The van der Waals surface area contributed by atoms with Crippen LogP contribution in [-0.4, -0.2) is 77.5 Å². The van der Waals surface area contributed by atoms with Crippen LogP contribution >= 0.6 is 0 Å². The highest BCUT2D eigenvalue weighted by Crippen LogP contribution is 2.69. The normalized spacial score (nSPS) is 39.5. The fourth-order valence-electron chi connectivity index (χ4n) is 14.4. The lowest BCUT2D eigenvalue weighted by Gasteiger charge is -2.64. The minimum atomic E-state index is -0.648. The van der Waals surface area contributed by atoms with E-state index in [1.165, 1.54) is 20.8 Å². The third-order valence-electron chi connectivity index (χ3n) is 17.2. The Labute approximate surface area is 351 Å². The van der Waals surface area contributed by atoms with E-state index in [1.54, 1.807) is 7.11 Å². The Bertz CT molecular complexity index is 1930. The molecule has 4 saturated carbocycles. The predicted molar refractivity (Wildman–Crippen MR) is 225 cm³/mol. The Morgan fingerprint density at radius 3 is 2.41 bits per heavy atom. The second-order valence-electron chi connectivity index (χ2n) is 20.1. The van der Waals surface area contributed by atoms with Crippen LogP contribution < -0.4 is 4.74 Å². The van der Waals surface area contributed by atoms with E-state index in [0.717, 1.165) is 112 Å². The highest BCUT2D eigenvalue weighted by Gasteiger charge is 2.67. The molecule has 3 saturated heterocycles. The molecule has 59 heavy (non-hydrogen) atoms. The summed E-state index contributed by atoms with van der Waals surface area (Å²) in [7, 11) is 1.67. The Kier molecular flexibility index (Phi) is 11.7. The van der Waals surface area contributed by atoms with Crippen molar-refractivity contribution >= 4 is 28.8 Å². The van der Waals surface area contributed by atoms with Crippen molar-refractivity contribution in [3.8, 4) is 5.75 Å². The van der Waals surface area contributed by atoms with E-state index >= 15 is 0 Å². The van der Waals surface area contributed by atoms with Gasteiger partial charge >= 0.3 is 17.9 Å². The topological polar surface area (TPSA) is 124 Å². The van der Waals surface area contributed by atoms with E-state index in [1.807, 2.05) is 18.2 Å². The van der Waals surface area contributed by atoms with Crippen molar-refractivity contribution in [3.63, 3.8) is 0 Å². The molecule has 0 amide bonds. The number of rotatable bonds is 11. The molecule has 1 aromatic heterocycles. The maximum Gasteiger partial charge on any atom is 0.302 e. The molecule has 2 aromatic rings. The molecule has 322 valence electrons. The van der Waals surface area contributed by atoms with Gasteiger partial charge in [0.25, 0.3) is 0 Å². The van der Waals surface area contributed by atoms with Crippen LogP contribution in [-0.2, 0) is 35.0 Å². The summed E-state index contributed by atoms with van der Waals surface area (Å²) in [4.78, 5) is 45.3. The number of piperidine rings is 3. The van der Waals surface area contributed by atoms with Gasteiger partial charge in [0.05, 0.1) is 18.7 Å². The molecule has 4 aliphatic carbocycles. The van der Waals surface area contributed by atoms with E-state index in [0.29, 0.717) is 23.7 Å². The van der Waals surface area contributed by atoms with Crippen LogP contribution in [0.1, 0.15) is 123 Å². The number of nitrogens with zero attached hydrogens (tertiary/aromatic N) is 2. The summed E-state index contributed by atoms with van der Waals surface area (Å²) in [6.07, 6.45) is 10.7. The first-order chi connectivity index (χ1) is 28.1. The van der Waals surface area contributed by atoms with Crippen LogP contribution in [0.2, 0.25) is 0 Å². The number of benzene rings is 1. The average molecular weight is 813 g/mol. The summed E-state index contributed by atoms with van der Waals surface area (Å²) in [5.41, 5.74) is 2.43. The van der Waals surface area contributed by atoms with Gasteiger partial charge in [0, 0.05) is 55.8 Å². The molecule has 2 bridgehead atoms. The quantitative estimate of drug-likeness (QED) is 0.134. The third-order valence-corrected chi connectivity index (χ3v) is 17.2. The molecule has 3 aliphatic heterocycles. The molecule has 7 aliphatic rings. The number of pyridine rings is 1. The first-order valence-corrected chi connectivity index (χ1v) is 22.7. The first-order valence-electron chi connectivity index (χ1n) is 22.7. The van der Waals surface area contributed by atoms with Gasteiger partial charge in [-0.05, 0) is 154 Å². The second kappa shape index (κ2) is 16.4. The number of aromatic nitrogens is 1. The van der Waals surface area contributed by atoms with Crippen LogP contribution in [0.15, 0.2) is 36.9 Å². The molecule has 16 atom stereocenters. The fraction of sp³-hybridized carbons (Fsp3) is 0.714. The number of aryl methyl sites for hydroxylation is 1. The number of carbonyl (C=O) groups excluding carboxylic acids is 3. The maximum atomic E-state index is 12.9. The van der Waals surface area contributed by atoms with Crippen molar-refractivity contribution in [1.29, 1.82) is 0 Å². The van der Waals surface area contributed by atoms with Crippen molar-refractivity contribution < 1.29 is 38.4 Å². The van der Waals surface area contributed by atoms with Crippen LogP contribution in [0.4, 0.5) is 0 Å². The molecule has 4 heterocycles. The summed E-state index contributed by atoms with van der Waals surface area (Å²) in [6, 6.07) is 8.18. The van der Waals surface area contributed by atoms with E-state index < -0.39 is 6.10 Å². The molecule has 9 rings (SSSR count). The standard InChI is InChI=1S/C49H68N2O8/c1-9-31-26-51-19-17-32(31)20-43(51)47(55)38-23-34(50-42-15-12-35(56-8)24-37(38)42)11-10-27(2)39-13-14-40-46-41(25-45(49(39,40)7)59-30(5)54)48(6)18-16-36(57-28(3)52)21-33(48)22-44(46)58-29(4)53/h9,12,15,23-24,27,31-33,36,39-41,43-47,55H,1,10-11,13-14,16-22,25-26H2,2-8H3/t27-,31+,32+,33+,36-,39-,40+,41+,43-,44-,45+,46+,47+,48+,49-/m1/s1. The largest absolute Gasteiger partial charge is 0.497 e. The van der Waals surface area contributed by atoms with Gasteiger partial charge in [0.2, 0.25) is 0 Å². The number of esters is 3. The molecule has 1 unspecified atom stereocenters. The van der Waals surface area contributed by atoms with Gasteiger partial charge in [0.1, 0.15) is 24.1 Å². The molecule has 7 fully saturated rings. The Balaban J connectivity index is 1.06. The molecule has 10 heteroatoms. The molecule has 1 N–H and O–H groups in total. The molecule has 1 aromatic carbocycles. The van der Waals surface area contributed by atoms with E-state index in [2.05, 4.69) is 44.4 Å². The minimum Gasteiger partial charge on any atom is -0.497 e. The summed E-state index contributed by atoms with van der Waals surface area (Å²) in [5.74, 6) is 2.45. The van der Waals surface area contributed by atoms with E-state index in [-0.39, 0.29) is 76.8 Å². The number of hydrogen-bond acceptors (Lipinski definition) is 10. The number of aliphatic hydroxyl groups is 1. The van der Waals surface area contributed by atoms with Gasteiger partial charge in [0.15, 0.2) is 0 Å². The van der Waals surface area contributed by atoms with Crippen LogP contribution in [0, 0.1) is 58.2 Å². The number of ether oxygens (including phenoxy) is 4. The third kappa shape index (κ3) is 7.61. The van der Waals surface area contributed by atoms with Crippen LogP contribution in [0.3, 0.4) is 0 Å². The fourth-order valence-corrected chi connectivity index (χ4v) is 14.4. The van der Waals surface area contributed by atoms with Crippen molar-refractivity contribution in [2.24, 2.45) is 58.2 Å². The lowest BCUT2D eigenvalue weighted by Crippen LogP contribution is -2.63. The Hall–Kier alpha value is -3.50. The van der Waals surface area contributed by atoms with Crippen molar-refractivity contribution in [2.45, 2.75) is 143 Å². The molecular weight excluding hydrogens is 745 g/mol. The maximum absolute atomic E-state index is 12.9. The molecule has 0 radical (unpaired) electrons. The number of fused-ring (bicyclic) bond motifs is 9. The summed E-state index contributed by atoms with van der Waals surface area (Å²) < 4.78 is 24.1. The van der Waals surface area contributed by atoms with Crippen LogP contribution in [0.5, 0.6) is 5.75 Å². The lowest BCUT2D eigenvalue weighted by molar-refractivity contribution is -0.224. The van der Waals surface area contributed by atoms with Crippen LogP contribution in [0.25, 0.3) is 10.9 Å². The summed E-state index contributed by atoms with van der Waals surface area (Å²) in [5, 5.41) is 13.1. The lowest BCUT2D eigenvalue weighted by atomic mass is 9.43. The van der Waals surface area contributed by atoms with Gasteiger partial charge in [-0.3, -0.25) is 24.3 Å². The number of methoxy groups -OCH3 is 1. The van der Waals surface area contributed by atoms with Gasteiger partial charge in [-0.1, -0.05) is 26.8 Å². The average Bonchev–Trinajstić information content (AvgIpc) is 3.57. The molecular formula is C49H68N2O8. The SMILES string of the molecule is C=C[C@H]1CN2CC[C@H]1C[C@@H]2[C@@H](O)c1cc(CC[C@@H](C)[C@H]2CC[C@H]3[C@@H]4[C@H](OC(C)=O)C[C@@H]5C[C@H](OC(C)=O)CC[C@]5(C)[C@H]4C[C@H](OC(C)=O)[C@]23C)nc2ccc(OC)cc12. The van der Waals surface area contributed by atoms with Gasteiger partial charge in [-0.15, -0.1) is 6.58 Å². The van der Waals surface area contributed by atoms with Crippen molar-refractivity contribution in [1.82, 2.24) is 9.88 Å². The first kappa shape index (κ1) is 42.2. The summed E-state index contributed by atoms with van der Waals surface area (Å²) in [6.45, 7) is 17.7. The molecule has 10 nitrogen and oxygen atoms in total. The van der Waals surface area contributed by atoms with Crippen molar-refractivity contribution in [3.05, 3.63) is 48.2 Å². The smallest absolute Gasteiger partial charge is 0.302 e. The zero-order chi connectivity index (χ0) is 42.0. The molecule has 0 spiro atoms. The Morgan fingerprint density at radius 2 is 1.73 bits per heavy atom. The highest BCUT2D eigenvalue weighted by atomic mass is 16.6. The summed E-state index contributed by atoms with van der Waals surface area (Å²) >= 11 is 0. The van der Waals surface area contributed by atoms with E-state index in [9.17, 15) is 19.5 Å². The van der Waals surface area contributed by atoms with E-state index in [4.69, 9.17) is 23.9 Å². The Morgan fingerprint density at radius 1 is 0.966 bits per heavy atom. The highest BCUT2D eigenvalue weighted by molar-refractivity contribution is 5.84. The monoisotopic (exact) mass is 812 g/mol. The van der Waals surface area contributed by atoms with Gasteiger partial charge in [-0.2, -0.15) is 0 Å². The van der Waals surface area contributed by atoms with Gasteiger partial charge < -0.3 is 24.1 Å². The zero-order valence-corrected chi connectivity index (χ0v) is 36.5. The number of carbonyl (C=O) groups is 3. The zero-order valence-electron chi connectivity index (χ0n) is 36.5. The minimum absolute atomic E-state index is 0.0447. The van der Waals surface area contributed by atoms with Gasteiger partial charge in [-0.25, -0.2) is 0 Å². The van der Waals surface area contributed by atoms with Crippen molar-refractivity contribution in [2.75, 3.05) is 20.2 Å². The number of hydrogen-bond donors (Lipinski definition) is 1. The predicted octanol–water partition coefficient (Wildman–Crippen LogP) is 8.42. The number of aliphatic hydroxyl groups excluding tert-OH is 1. The second-order valence-corrected chi connectivity index (χ2v) is 20.1.